The molecule has 0 aliphatic carbocycles. The van der Waals surface area contributed by atoms with E-state index >= 15 is 0 Å². The molecular formula is C14H23N5O11P2. The summed E-state index contributed by atoms with van der Waals surface area (Å²) in [4.78, 5) is 49.3. The van der Waals surface area contributed by atoms with E-state index in [0.717, 1.165) is 0 Å². The number of nitrogen functional groups attached to an aromatic ring is 1. The first-order valence-corrected chi connectivity index (χ1v) is 12.3. The fraction of sp³-hybridized carbons (Fsp3) is 0.643. The summed E-state index contributed by atoms with van der Waals surface area (Å²) in [5.74, 6) is -0.224. The number of phosphoric ester groups is 1. The number of aliphatic hydroxyl groups excluding tert-OH is 2. The third-order valence-electron chi connectivity index (χ3n) is 4.86. The normalized spacial score (nSPS) is 28.2. The number of hydrogen-bond acceptors (Lipinski definition) is 11. The second-order valence-electron chi connectivity index (χ2n) is 7.11. The van der Waals surface area contributed by atoms with Crippen LogP contribution in [0, 0.1) is 0 Å². The lowest BCUT2D eigenvalue weighted by molar-refractivity contribution is -0.150. The Kier molecular flexibility index (Phi) is 6.94. The van der Waals surface area contributed by atoms with Crippen LogP contribution >= 0.6 is 15.6 Å². The van der Waals surface area contributed by atoms with Crippen molar-refractivity contribution in [1.29, 1.82) is 0 Å². The lowest BCUT2D eigenvalue weighted by Crippen LogP contribution is -2.45. The van der Waals surface area contributed by atoms with E-state index in [0.29, 0.717) is 12.8 Å². The van der Waals surface area contributed by atoms with E-state index in [1.807, 2.05) is 6.92 Å². The molecule has 0 radical (unpaired) electrons. The van der Waals surface area contributed by atoms with Crippen LogP contribution in [0.4, 0.5) is 5.95 Å². The van der Waals surface area contributed by atoms with Crippen LogP contribution in [0.1, 0.15) is 26.2 Å². The van der Waals surface area contributed by atoms with Crippen LogP contribution in [0.5, 0.6) is 0 Å². The number of fused-ring (bicyclic) bond motifs is 1. The van der Waals surface area contributed by atoms with Gasteiger partial charge in [-0.05, 0) is 12.8 Å². The molecule has 2 aromatic heterocycles. The molecule has 180 valence electrons. The Morgan fingerprint density at radius 1 is 1.34 bits per heavy atom. The Bertz CT molecular complexity index is 1130. The number of unbranched alkanes of at least 4 members (excludes halogenated alkanes) is 1. The molecule has 0 bridgehead atoms. The summed E-state index contributed by atoms with van der Waals surface area (Å²) < 4.78 is 37.9. The summed E-state index contributed by atoms with van der Waals surface area (Å²) >= 11 is 0. The van der Waals surface area contributed by atoms with Gasteiger partial charge in [0.05, 0.1) is 12.9 Å². The molecule has 8 N–H and O–H groups in total. The number of aromatic amines is 1. The number of aliphatic hydroxyl groups is 2. The molecule has 0 saturated carbocycles. The quantitative estimate of drug-likeness (QED) is 0.202. The van der Waals surface area contributed by atoms with E-state index in [-0.39, 0.29) is 23.5 Å². The zero-order valence-corrected chi connectivity index (χ0v) is 18.4. The summed E-state index contributed by atoms with van der Waals surface area (Å²) in [5, 5.41) is 21.4. The van der Waals surface area contributed by atoms with E-state index in [2.05, 4.69) is 23.8 Å². The van der Waals surface area contributed by atoms with Gasteiger partial charge in [0.15, 0.2) is 16.9 Å². The predicted octanol–water partition coefficient (Wildman–Crippen LogP) is -1.11. The van der Waals surface area contributed by atoms with E-state index in [1.54, 1.807) is 0 Å². The minimum absolute atomic E-state index is 0.0344. The lowest BCUT2D eigenvalue weighted by Gasteiger charge is -2.33. The average Bonchev–Trinajstić information content (AvgIpc) is 3.18. The van der Waals surface area contributed by atoms with Crippen molar-refractivity contribution >= 4 is 32.8 Å². The van der Waals surface area contributed by atoms with Crippen LogP contribution < -0.4 is 11.3 Å². The highest BCUT2D eigenvalue weighted by Crippen LogP contribution is 2.58. The van der Waals surface area contributed by atoms with Crippen molar-refractivity contribution in [3.8, 4) is 0 Å². The molecule has 1 aliphatic rings. The molecule has 0 aromatic carbocycles. The van der Waals surface area contributed by atoms with Gasteiger partial charge in [-0.15, -0.1) is 0 Å². The molecule has 1 saturated heterocycles. The molecular weight excluding hydrogens is 476 g/mol. The van der Waals surface area contributed by atoms with Gasteiger partial charge < -0.3 is 35.4 Å². The molecule has 32 heavy (non-hydrogen) atoms. The van der Waals surface area contributed by atoms with Crippen LogP contribution in [0.15, 0.2) is 11.1 Å². The number of hydrogen-bond donors (Lipinski definition) is 7. The third-order valence-corrected chi connectivity index (χ3v) is 7.01. The first-order valence-electron chi connectivity index (χ1n) is 9.31. The Balaban J connectivity index is 1.96. The molecule has 0 spiro atoms. The van der Waals surface area contributed by atoms with E-state index in [1.165, 1.54) is 10.9 Å². The number of phosphoric acid groups is 2. The van der Waals surface area contributed by atoms with Crippen molar-refractivity contribution in [3.63, 3.8) is 0 Å². The largest absolute Gasteiger partial charge is 0.481 e. The number of imidazole rings is 1. The summed E-state index contributed by atoms with van der Waals surface area (Å²) in [6.07, 6.45) is -2.32. The topological polar surface area (TPSA) is 253 Å². The van der Waals surface area contributed by atoms with Gasteiger partial charge in [-0.1, -0.05) is 13.3 Å². The zero-order valence-electron chi connectivity index (χ0n) is 16.6. The van der Waals surface area contributed by atoms with Crippen molar-refractivity contribution in [2.24, 2.45) is 0 Å². The van der Waals surface area contributed by atoms with E-state index < -0.39 is 51.8 Å². The highest BCUT2D eigenvalue weighted by atomic mass is 31.3. The van der Waals surface area contributed by atoms with Crippen molar-refractivity contribution < 1.29 is 47.6 Å². The number of H-pyrrole nitrogens is 1. The second kappa shape index (κ2) is 8.91. The standard InChI is InChI=1S/C14H23N5O11P2/c1-2-3-4-14(19-6-16-8-11(19)17-13(15)18-12(8)22)10(21)9(20)7(29-14)5-28-32(26,27)30-31(23,24)25/h6-7,9-10,20-21H,2-5H2,1H3,(H,26,27)(H2,23,24,25)(H3,15,17,18,22)/t7-,9-,10-,14-/m1/s1. The van der Waals surface area contributed by atoms with Gasteiger partial charge in [0, 0.05) is 0 Å². The molecule has 5 atom stereocenters. The van der Waals surface area contributed by atoms with Crippen LogP contribution in [0.2, 0.25) is 0 Å². The maximum Gasteiger partial charge on any atom is 0.481 e. The predicted molar refractivity (Wildman–Crippen MR) is 106 cm³/mol. The molecule has 3 rings (SSSR count). The van der Waals surface area contributed by atoms with Gasteiger partial charge in [0.25, 0.3) is 5.56 Å². The fourth-order valence-electron chi connectivity index (χ4n) is 3.49. The molecule has 0 amide bonds. The fourth-order valence-corrected chi connectivity index (χ4v) is 5.09. The van der Waals surface area contributed by atoms with Gasteiger partial charge in [0.1, 0.15) is 18.3 Å². The summed E-state index contributed by atoms with van der Waals surface area (Å²) in [5.41, 5.74) is 3.13. The first kappa shape index (κ1) is 24.9. The van der Waals surface area contributed by atoms with Crippen LogP contribution in [0.3, 0.4) is 0 Å². The van der Waals surface area contributed by atoms with E-state index in [4.69, 9.17) is 20.3 Å². The van der Waals surface area contributed by atoms with Crippen LogP contribution in [-0.2, 0) is 28.4 Å². The highest BCUT2D eigenvalue weighted by Gasteiger charge is 2.56. The summed E-state index contributed by atoms with van der Waals surface area (Å²) in [6, 6.07) is 0. The van der Waals surface area contributed by atoms with Crippen LogP contribution in [0.25, 0.3) is 11.2 Å². The Hall–Kier alpha value is -1.71. The number of aromatic nitrogens is 4. The van der Waals surface area contributed by atoms with Gasteiger partial charge in [-0.2, -0.15) is 9.29 Å². The van der Waals surface area contributed by atoms with E-state index in [9.17, 15) is 29.0 Å². The SMILES string of the molecule is CCCC[C@@]1(n2cnc3c(=O)[nH]c(N)nc32)O[C@H](COP(=O)(O)OP(=O)(O)O)[C@@H](O)[C@H]1O. The number of anilines is 1. The summed E-state index contributed by atoms with van der Waals surface area (Å²) in [7, 11) is -10.6. The van der Waals surface area contributed by atoms with Crippen molar-refractivity contribution in [2.45, 2.75) is 50.2 Å². The Labute approximate surface area is 179 Å². The second-order valence-corrected chi connectivity index (χ2v) is 9.94. The highest BCUT2D eigenvalue weighted by molar-refractivity contribution is 7.60. The van der Waals surface area contributed by atoms with Crippen molar-refractivity contribution in [2.75, 3.05) is 12.3 Å². The monoisotopic (exact) mass is 499 g/mol. The molecule has 1 aliphatic heterocycles. The van der Waals surface area contributed by atoms with Crippen molar-refractivity contribution in [3.05, 3.63) is 16.7 Å². The number of ether oxygens (including phenoxy) is 1. The molecule has 2 aromatic rings. The maximum absolute atomic E-state index is 12.1. The first-order chi connectivity index (χ1) is 14.8. The zero-order chi connectivity index (χ0) is 23.9. The number of rotatable bonds is 9. The smallest absolute Gasteiger partial charge is 0.387 e. The molecule has 1 unspecified atom stereocenters. The van der Waals surface area contributed by atoms with Gasteiger partial charge >= 0.3 is 15.6 Å². The Morgan fingerprint density at radius 3 is 2.66 bits per heavy atom. The number of nitrogens with two attached hydrogens (primary N) is 1. The van der Waals surface area contributed by atoms with Crippen LogP contribution in [-0.4, -0.2) is 69.3 Å². The Morgan fingerprint density at radius 2 is 2.03 bits per heavy atom. The lowest BCUT2D eigenvalue weighted by atomic mass is 9.96. The van der Waals surface area contributed by atoms with Gasteiger partial charge in [0.2, 0.25) is 5.95 Å². The van der Waals surface area contributed by atoms with Gasteiger partial charge in [-0.25, -0.2) is 14.1 Å². The molecule has 16 nitrogen and oxygen atoms in total. The minimum Gasteiger partial charge on any atom is -0.387 e. The summed E-state index contributed by atoms with van der Waals surface area (Å²) in [6.45, 7) is 0.989. The molecule has 1 fully saturated rings. The maximum atomic E-state index is 12.1. The molecule has 18 heteroatoms. The number of nitrogens with one attached hydrogen (secondary N) is 1. The average molecular weight is 499 g/mol. The third kappa shape index (κ3) is 4.94. The number of nitrogens with zero attached hydrogens (tertiary/aromatic N) is 3. The van der Waals surface area contributed by atoms with Gasteiger partial charge in [-0.3, -0.25) is 18.9 Å². The minimum atomic E-state index is -5.35. The van der Waals surface area contributed by atoms with Crippen molar-refractivity contribution in [1.82, 2.24) is 19.5 Å². The molecule has 3 heterocycles.